The largest absolute Gasteiger partial charge is 0.491 e. The molecule has 3 N–H and O–H groups in total. The van der Waals surface area contributed by atoms with Gasteiger partial charge in [0.15, 0.2) is 0 Å². The van der Waals surface area contributed by atoms with Crippen LogP contribution in [0.2, 0.25) is 10.0 Å². The number of anilines is 1. The highest BCUT2D eigenvalue weighted by atomic mass is 35.5. The number of rotatable bonds is 5. The number of carbonyl (C=O) groups excluding carboxylic acids is 2. The maximum absolute atomic E-state index is 14.3. The number of hydrogen-bond donors (Lipinski definition) is 3. The van der Waals surface area contributed by atoms with Crippen molar-refractivity contribution in [2.45, 2.75) is 44.6 Å². The van der Waals surface area contributed by atoms with Gasteiger partial charge >= 0.3 is 0 Å². The van der Waals surface area contributed by atoms with Gasteiger partial charge in [0, 0.05) is 44.6 Å². The van der Waals surface area contributed by atoms with Gasteiger partial charge in [0.2, 0.25) is 11.8 Å². The van der Waals surface area contributed by atoms with Crippen LogP contribution in [-0.2, 0) is 15.0 Å². The predicted octanol–water partition coefficient (Wildman–Crippen LogP) is 6.00. The zero-order valence-corrected chi connectivity index (χ0v) is 24.0. The lowest BCUT2D eigenvalue weighted by atomic mass is 9.59. The summed E-state index contributed by atoms with van der Waals surface area (Å²) in [6.45, 7) is 5.92. The molecule has 2 aliphatic rings. The zero-order chi connectivity index (χ0) is 28.7. The molecular weight excluding hydrogens is 547 g/mol. The number of hydrogen-bond acceptors (Lipinski definition) is 4. The van der Waals surface area contributed by atoms with E-state index in [0.717, 1.165) is 11.1 Å². The van der Waals surface area contributed by atoms with Gasteiger partial charge in [0.1, 0.15) is 17.8 Å². The minimum absolute atomic E-state index is 0.0454. The molecular formula is C32H30Cl2N2O4. The highest BCUT2D eigenvalue weighted by Gasteiger charge is 2.61. The van der Waals surface area contributed by atoms with Crippen molar-refractivity contribution in [3.05, 3.63) is 93.0 Å². The van der Waals surface area contributed by atoms with Crippen molar-refractivity contribution in [2.24, 2.45) is 5.41 Å². The summed E-state index contributed by atoms with van der Waals surface area (Å²) < 4.78 is 5.96. The highest BCUT2D eigenvalue weighted by molar-refractivity contribution is 6.31. The normalized spacial score (nSPS) is 21.8. The molecule has 5 rings (SSSR count). The second-order valence-corrected chi connectivity index (χ2v) is 12.0. The van der Waals surface area contributed by atoms with Gasteiger partial charge in [-0.25, -0.2) is 0 Å². The molecule has 2 heterocycles. The second-order valence-electron chi connectivity index (χ2n) is 11.1. The summed E-state index contributed by atoms with van der Waals surface area (Å²) in [5, 5.41) is 16.7. The average Bonchev–Trinajstić information content (AvgIpc) is 3.18. The summed E-state index contributed by atoms with van der Waals surface area (Å²) in [4.78, 5) is 27.7. The molecule has 0 aromatic heterocycles. The van der Waals surface area contributed by atoms with Crippen molar-refractivity contribution >= 4 is 40.7 Å². The molecule has 8 heteroatoms. The van der Waals surface area contributed by atoms with E-state index >= 15 is 0 Å². The van der Waals surface area contributed by atoms with Crippen molar-refractivity contribution in [1.29, 1.82) is 0 Å². The fourth-order valence-corrected chi connectivity index (χ4v) is 6.04. The van der Waals surface area contributed by atoms with Crippen LogP contribution >= 0.6 is 23.2 Å². The fraction of sp³-hybridized carbons (Fsp3) is 0.312. The van der Waals surface area contributed by atoms with E-state index in [1.54, 1.807) is 30.3 Å². The summed E-state index contributed by atoms with van der Waals surface area (Å²) >= 11 is 12.7. The van der Waals surface area contributed by atoms with Gasteiger partial charge in [-0.05, 0) is 74.4 Å². The van der Waals surface area contributed by atoms with Crippen molar-refractivity contribution in [2.75, 3.05) is 18.5 Å². The van der Waals surface area contributed by atoms with Gasteiger partial charge in [-0.15, -0.1) is 0 Å². The van der Waals surface area contributed by atoms with Crippen LogP contribution in [0.4, 0.5) is 5.69 Å². The van der Waals surface area contributed by atoms with Gasteiger partial charge in [-0.2, -0.15) is 0 Å². The Balaban J connectivity index is 1.79. The fourth-order valence-electron chi connectivity index (χ4n) is 5.67. The summed E-state index contributed by atoms with van der Waals surface area (Å²) in [7, 11) is 0. The summed E-state index contributed by atoms with van der Waals surface area (Å²) in [6, 6.07) is 17.2. The standard InChI is InChI=1S/C32H30Cl2N2O4/c1-31(2,3)12-11-19-7-10-27(40-14-13-37)23(15-19)29-32(24-9-8-22(34)17-26(24)35-30(32)39)25(18-28(38)36-29)20-5-4-6-21(33)16-20/h4-10,15-17,25,29,37H,13-14,18H2,1-3H3,(H,35,39)(H,36,38). The lowest BCUT2D eigenvalue weighted by Gasteiger charge is -2.46. The Bertz CT molecular complexity index is 1550. The van der Waals surface area contributed by atoms with Crippen molar-refractivity contribution in [3.8, 4) is 17.6 Å². The minimum atomic E-state index is -1.26. The number of aliphatic hydroxyl groups excluding tert-OH is 1. The Morgan fingerprint density at radius 1 is 1.05 bits per heavy atom. The van der Waals surface area contributed by atoms with E-state index in [-0.39, 0.29) is 36.9 Å². The van der Waals surface area contributed by atoms with Gasteiger partial charge in [-0.3, -0.25) is 9.59 Å². The third-order valence-corrected chi connectivity index (χ3v) is 7.72. The number of aliphatic hydroxyl groups is 1. The first-order valence-corrected chi connectivity index (χ1v) is 13.9. The van der Waals surface area contributed by atoms with E-state index in [4.69, 9.17) is 27.9 Å². The molecule has 40 heavy (non-hydrogen) atoms. The van der Waals surface area contributed by atoms with E-state index in [1.807, 2.05) is 51.1 Å². The van der Waals surface area contributed by atoms with E-state index < -0.39 is 17.4 Å². The average molecular weight is 578 g/mol. The molecule has 1 fully saturated rings. The Hall–Kier alpha value is -3.50. The van der Waals surface area contributed by atoms with Gasteiger partial charge in [0.05, 0.1) is 12.6 Å². The summed E-state index contributed by atoms with van der Waals surface area (Å²) in [5.41, 5.74) is 1.90. The first-order valence-electron chi connectivity index (χ1n) is 13.1. The van der Waals surface area contributed by atoms with Gasteiger partial charge < -0.3 is 20.5 Å². The molecule has 1 spiro atoms. The first-order chi connectivity index (χ1) is 19.0. The lowest BCUT2D eigenvalue weighted by molar-refractivity contribution is -0.131. The third kappa shape index (κ3) is 5.17. The number of amides is 2. The van der Waals surface area contributed by atoms with Crippen molar-refractivity contribution in [1.82, 2.24) is 5.32 Å². The second kappa shape index (κ2) is 10.8. The van der Waals surface area contributed by atoms with Crippen molar-refractivity contribution < 1.29 is 19.4 Å². The lowest BCUT2D eigenvalue weighted by Crippen LogP contribution is -2.57. The molecule has 206 valence electrons. The van der Waals surface area contributed by atoms with Crippen LogP contribution in [0.15, 0.2) is 60.7 Å². The number of halogens is 2. The van der Waals surface area contributed by atoms with Crippen LogP contribution in [0.3, 0.4) is 0 Å². The third-order valence-electron chi connectivity index (χ3n) is 7.25. The van der Waals surface area contributed by atoms with Crippen molar-refractivity contribution in [3.63, 3.8) is 0 Å². The van der Waals surface area contributed by atoms with Crippen LogP contribution in [0, 0.1) is 17.3 Å². The van der Waals surface area contributed by atoms with Crippen LogP contribution in [0.25, 0.3) is 0 Å². The van der Waals surface area contributed by atoms with E-state index in [0.29, 0.717) is 32.6 Å². The molecule has 2 aliphatic heterocycles. The zero-order valence-electron chi connectivity index (χ0n) is 22.5. The number of fused-ring (bicyclic) bond motifs is 2. The summed E-state index contributed by atoms with van der Waals surface area (Å²) in [5.74, 6) is 5.88. The van der Waals surface area contributed by atoms with Crippen LogP contribution in [0.1, 0.15) is 61.4 Å². The molecule has 0 bridgehead atoms. The minimum Gasteiger partial charge on any atom is -0.491 e. The number of nitrogens with one attached hydrogen (secondary N) is 2. The Labute approximate surface area is 244 Å². The van der Waals surface area contributed by atoms with E-state index in [9.17, 15) is 14.7 Å². The summed E-state index contributed by atoms with van der Waals surface area (Å²) in [6.07, 6.45) is 0.0721. The molecule has 1 saturated heterocycles. The molecule has 0 radical (unpaired) electrons. The molecule has 3 aromatic rings. The SMILES string of the molecule is CC(C)(C)C#Cc1ccc(OCCO)c(C2NC(=O)CC(c3cccc(Cl)c3)C23C(=O)Nc2cc(Cl)ccc23)c1. The molecule has 3 atom stereocenters. The Morgan fingerprint density at radius 3 is 2.55 bits per heavy atom. The molecule has 0 aliphatic carbocycles. The molecule has 0 saturated carbocycles. The maximum Gasteiger partial charge on any atom is 0.238 e. The highest BCUT2D eigenvalue weighted by Crippen LogP contribution is 2.58. The molecule has 3 unspecified atom stereocenters. The van der Waals surface area contributed by atoms with Crippen LogP contribution in [0.5, 0.6) is 5.75 Å². The van der Waals surface area contributed by atoms with Crippen LogP contribution in [-0.4, -0.2) is 30.1 Å². The number of benzene rings is 3. The number of ether oxygens (including phenoxy) is 1. The van der Waals surface area contributed by atoms with E-state index in [1.165, 1.54) is 0 Å². The Morgan fingerprint density at radius 2 is 1.82 bits per heavy atom. The maximum atomic E-state index is 14.3. The molecule has 3 aromatic carbocycles. The molecule has 6 nitrogen and oxygen atoms in total. The monoisotopic (exact) mass is 576 g/mol. The smallest absolute Gasteiger partial charge is 0.238 e. The van der Waals surface area contributed by atoms with E-state index in [2.05, 4.69) is 22.5 Å². The number of piperidine rings is 1. The van der Waals surface area contributed by atoms with Gasteiger partial charge in [-0.1, -0.05) is 53.2 Å². The number of carbonyl (C=O) groups is 2. The Kier molecular flexibility index (Phi) is 7.58. The van der Waals surface area contributed by atoms with Crippen LogP contribution < -0.4 is 15.4 Å². The topological polar surface area (TPSA) is 87.7 Å². The first kappa shape index (κ1) is 28.0. The molecule has 2 amide bonds. The predicted molar refractivity (Wildman–Crippen MR) is 157 cm³/mol. The van der Waals surface area contributed by atoms with Gasteiger partial charge in [0.25, 0.3) is 0 Å². The quantitative estimate of drug-likeness (QED) is 0.325.